The molecule has 2 aliphatic rings. The first-order valence-electron chi connectivity index (χ1n) is 7.72. The van der Waals surface area contributed by atoms with Crippen LogP contribution in [0.2, 0.25) is 0 Å². The van der Waals surface area contributed by atoms with Crippen molar-refractivity contribution in [1.82, 2.24) is 10.6 Å². The first-order valence-corrected chi connectivity index (χ1v) is 7.72. The molecule has 2 saturated heterocycles. The number of carbonyl (C=O) groups excluding carboxylic acids is 2. The van der Waals surface area contributed by atoms with Crippen molar-refractivity contribution < 1.29 is 14.7 Å². The van der Waals surface area contributed by atoms with Gasteiger partial charge in [-0.05, 0) is 30.5 Å². The van der Waals surface area contributed by atoms with E-state index in [-0.39, 0.29) is 17.9 Å². The third-order valence-electron chi connectivity index (χ3n) is 4.19. The summed E-state index contributed by atoms with van der Waals surface area (Å²) < 4.78 is 0. The number of nitrogens with zero attached hydrogens (tertiary/aromatic N) is 1. The minimum Gasteiger partial charge on any atom is -0.392 e. The summed E-state index contributed by atoms with van der Waals surface area (Å²) in [4.78, 5) is 25.6. The maximum absolute atomic E-state index is 12.0. The number of β-amino-alcohol motifs (C(OH)–C–C–N with tert-alkyl or cyclic N) is 1. The summed E-state index contributed by atoms with van der Waals surface area (Å²) in [5, 5.41) is 15.3. The molecule has 2 heterocycles. The van der Waals surface area contributed by atoms with Gasteiger partial charge in [0.15, 0.2) is 0 Å². The van der Waals surface area contributed by atoms with Gasteiger partial charge in [-0.1, -0.05) is 12.1 Å². The third-order valence-corrected chi connectivity index (χ3v) is 4.19. The van der Waals surface area contributed by atoms with Gasteiger partial charge in [-0.25, -0.2) is 0 Å². The molecule has 1 aromatic rings. The Kier molecular flexibility index (Phi) is 4.40. The molecule has 2 amide bonds. The number of nitrogens with one attached hydrogen (secondary N) is 2. The van der Waals surface area contributed by atoms with Gasteiger partial charge in [0.25, 0.3) is 0 Å². The largest absolute Gasteiger partial charge is 0.392 e. The molecule has 2 aliphatic heterocycles. The van der Waals surface area contributed by atoms with Crippen molar-refractivity contribution in [3.63, 3.8) is 0 Å². The molecule has 2 unspecified atom stereocenters. The van der Waals surface area contributed by atoms with E-state index in [9.17, 15) is 14.7 Å². The van der Waals surface area contributed by atoms with E-state index in [1.807, 2.05) is 24.3 Å². The second-order valence-electron chi connectivity index (χ2n) is 5.89. The summed E-state index contributed by atoms with van der Waals surface area (Å²) in [6.45, 7) is 1.64. The van der Waals surface area contributed by atoms with Crippen LogP contribution in [0.4, 0.5) is 5.69 Å². The highest BCUT2D eigenvalue weighted by Crippen LogP contribution is 2.22. The molecule has 22 heavy (non-hydrogen) atoms. The Bertz CT molecular complexity index is 576. The summed E-state index contributed by atoms with van der Waals surface area (Å²) in [5.74, 6) is 0.0598. The number of carbonyl (C=O) groups is 2. The fraction of sp³-hybridized carbons (Fsp3) is 0.500. The van der Waals surface area contributed by atoms with Crippen LogP contribution in [0.3, 0.4) is 0 Å². The molecular formula is C16H21N3O3. The minimum atomic E-state index is -0.444. The number of benzene rings is 1. The van der Waals surface area contributed by atoms with Crippen LogP contribution in [-0.2, 0) is 16.1 Å². The van der Waals surface area contributed by atoms with Crippen LogP contribution in [0.5, 0.6) is 0 Å². The molecule has 0 spiro atoms. The van der Waals surface area contributed by atoms with Crippen LogP contribution in [-0.4, -0.2) is 42.2 Å². The molecular weight excluding hydrogens is 282 g/mol. The number of aliphatic hydroxyl groups is 1. The van der Waals surface area contributed by atoms with Crippen LogP contribution >= 0.6 is 0 Å². The van der Waals surface area contributed by atoms with Crippen LogP contribution in [0.15, 0.2) is 24.3 Å². The molecule has 0 bridgehead atoms. The van der Waals surface area contributed by atoms with Crippen molar-refractivity contribution in [1.29, 1.82) is 0 Å². The zero-order chi connectivity index (χ0) is 15.5. The van der Waals surface area contributed by atoms with Crippen molar-refractivity contribution in [2.45, 2.75) is 38.0 Å². The van der Waals surface area contributed by atoms with Gasteiger partial charge in [-0.3, -0.25) is 9.59 Å². The first-order chi connectivity index (χ1) is 10.6. The lowest BCUT2D eigenvalue weighted by Crippen LogP contribution is -2.40. The van der Waals surface area contributed by atoms with Crippen molar-refractivity contribution in [3.05, 3.63) is 29.8 Å². The summed E-state index contributed by atoms with van der Waals surface area (Å²) in [6.07, 6.45) is 1.51. The molecule has 0 saturated carbocycles. The quantitative estimate of drug-likeness (QED) is 0.740. The molecule has 2 fully saturated rings. The van der Waals surface area contributed by atoms with E-state index in [2.05, 4.69) is 10.6 Å². The number of aliphatic hydroxyl groups excluding tert-OH is 1. The second-order valence-corrected chi connectivity index (χ2v) is 5.89. The molecule has 3 rings (SSSR count). The average Bonchev–Trinajstić information content (AvgIpc) is 3.13. The van der Waals surface area contributed by atoms with E-state index in [1.54, 1.807) is 4.90 Å². The Hall–Kier alpha value is -1.92. The van der Waals surface area contributed by atoms with Crippen molar-refractivity contribution in [2.24, 2.45) is 0 Å². The Morgan fingerprint density at radius 2 is 2.32 bits per heavy atom. The Labute approximate surface area is 129 Å². The molecule has 6 heteroatoms. The van der Waals surface area contributed by atoms with Crippen LogP contribution in [0.25, 0.3) is 0 Å². The van der Waals surface area contributed by atoms with Crippen LogP contribution in [0.1, 0.15) is 24.8 Å². The van der Waals surface area contributed by atoms with Crippen LogP contribution < -0.4 is 15.5 Å². The fourth-order valence-electron chi connectivity index (χ4n) is 2.98. The number of hydrogen-bond donors (Lipinski definition) is 3. The van der Waals surface area contributed by atoms with Crippen molar-refractivity contribution in [3.8, 4) is 0 Å². The number of hydrogen-bond acceptors (Lipinski definition) is 4. The van der Waals surface area contributed by atoms with E-state index in [1.165, 1.54) is 0 Å². The average molecular weight is 303 g/mol. The number of rotatable bonds is 4. The fourth-order valence-corrected chi connectivity index (χ4v) is 2.98. The molecule has 118 valence electrons. The summed E-state index contributed by atoms with van der Waals surface area (Å²) in [6, 6.07) is 7.38. The monoisotopic (exact) mass is 303 g/mol. The van der Waals surface area contributed by atoms with Gasteiger partial charge < -0.3 is 20.6 Å². The van der Waals surface area contributed by atoms with E-state index < -0.39 is 6.10 Å². The summed E-state index contributed by atoms with van der Waals surface area (Å²) in [5.41, 5.74) is 1.85. The first kappa shape index (κ1) is 15.0. The standard InChI is InChI=1S/C16H21N3O3/c20-13-8-14(17-10-13)16(22)18-9-11-3-1-4-12(7-11)19-6-2-5-15(19)21/h1,3-4,7,13-14,17,20H,2,5-6,8-10H2,(H,18,22). The van der Waals surface area contributed by atoms with Gasteiger partial charge in [-0.2, -0.15) is 0 Å². The van der Waals surface area contributed by atoms with Gasteiger partial charge in [-0.15, -0.1) is 0 Å². The summed E-state index contributed by atoms with van der Waals surface area (Å²) >= 11 is 0. The normalized spacial score (nSPS) is 24.8. The topological polar surface area (TPSA) is 81.7 Å². The molecule has 0 radical (unpaired) electrons. The summed E-state index contributed by atoms with van der Waals surface area (Å²) in [7, 11) is 0. The van der Waals surface area contributed by atoms with E-state index in [0.29, 0.717) is 25.9 Å². The van der Waals surface area contributed by atoms with Gasteiger partial charge in [0.2, 0.25) is 11.8 Å². The molecule has 1 aromatic carbocycles. The van der Waals surface area contributed by atoms with E-state index >= 15 is 0 Å². The highest BCUT2D eigenvalue weighted by molar-refractivity contribution is 5.95. The van der Waals surface area contributed by atoms with Gasteiger partial charge >= 0.3 is 0 Å². The third kappa shape index (κ3) is 3.28. The molecule has 0 aliphatic carbocycles. The van der Waals surface area contributed by atoms with Crippen molar-refractivity contribution >= 4 is 17.5 Å². The highest BCUT2D eigenvalue weighted by atomic mass is 16.3. The lowest BCUT2D eigenvalue weighted by Gasteiger charge is -2.17. The van der Waals surface area contributed by atoms with Gasteiger partial charge in [0.05, 0.1) is 12.1 Å². The van der Waals surface area contributed by atoms with Gasteiger partial charge in [0, 0.05) is 31.7 Å². The predicted molar refractivity (Wildman–Crippen MR) is 82.3 cm³/mol. The Morgan fingerprint density at radius 3 is 3.00 bits per heavy atom. The second kappa shape index (κ2) is 6.46. The zero-order valence-electron chi connectivity index (χ0n) is 12.4. The minimum absolute atomic E-state index is 0.0980. The van der Waals surface area contributed by atoms with E-state index in [4.69, 9.17) is 0 Å². The zero-order valence-corrected chi connectivity index (χ0v) is 12.4. The van der Waals surface area contributed by atoms with E-state index in [0.717, 1.165) is 24.2 Å². The molecule has 6 nitrogen and oxygen atoms in total. The SMILES string of the molecule is O=C(NCc1cccc(N2CCCC2=O)c1)C1CC(O)CN1. The predicted octanol–water partition coefficient (Wildman–Crippen LogP) is 0.152. The number of anilines is 1. The smallest absolute Gasteiger partial charge is 0.237 e. The van der Waals surface area contributed by atoms with Crippen LogP contribution in [0, 0.1) is 0 Å². The maximum Gasteiger partial charge on any atom is 0.237 e. The van der Waals surface area contributed by atoms with Crippen molar-refractivity contribution in [2.75, 3.05) is 18.0 Å². The van der Waals surface area contributed by atoms with Gasteiger partial charge in [0.1, 0.15) is 0 Å². The number of amides is 2. The molecule has 0 aromatic heterocycles. The lowest BCUT2D eigenvalue weighted by molar-refractivity contribution is -0.123. The Morgan fingerprint density at radius 1 is 1.45 bits per heavy atom. The molecule has 2 atom stereocenters. The Balaban J connectivity index is 1.58. The molecule has 3 N–H and O–H groups in total. The highest BCUT2D eigenvalue weighted by Gasteiger charge is 2.27. The maximum atomic E-state index is 12.0. The lowest BCUT2D eigenvalue weighted by atomic mass is 10.1.